The predicted octanol–water partition coefficient (Wildman–Crippen LogP) is 1.38. The zero-order chi connectivity index (χ0) is 12.1. The fourth-order valence-electron chi connectivity index (χ4n) is 1.77. The lowest BCUT2D eigenvalue weighted by Gasteiger charge is -2.14. The van der Waals surface area contributed by atoms with E-state index in [-0.39, 0.29) is 0 Å². The SMILES string of the molecule is COCCc1nnc(S[C@H]2C=CCCC2)n1N. The number of thioether (sulfide) groups is 1. The smallest absolute Gasteiger partial charge is 0.210 e. The van der Waals surface area contributed by atoms with Crippen LogP contribution in [-0.2, 0) is 11.2 Å². The molecule has 0 amide bonds. The topological polar surface area (TPSA) is 66.0 Å². The summed E-state index contributed by atoms with van der Waals surface area (Å²) in [6.07, 6.45) is 8.76. The molecule has 2 rings (SSSR count). The van der Waals surface area contributed by atoms with Crippen LogP contribution in [-0.4, -0.2) is 33.8 Å². The molecule has 0 saturated carbocycles. The summed E-state index contributed by atoms with van der Waals surface area (Å²) in [5.41, 5.74) is 0. The second kappa shape index (κ2) is 6.07. The minimum absolute atomic E-state index is 0.477. The predicted molar refractivity (Wildman–Crippen MR) is 68.4 cm³/mol. The molecule has 0 saturated heterocycles. The van der Waals surface area contributed by atoms with Crippen molar-refractivity contribution in [3.05, 3.63) is 18.0 Å². The standard InChI is InChI=1S/C11H18N4OS/c1-16-8-7-10-13-14-11(15(10)12)17-9-5-3-2-4-6-9/h3,5,9H,2,4,6-8,12H2,1H3/t9-/m0/s1. The van der Waals surface area contributed by atoms with E-state index in [9.17, 15) is 0 Å². The summed E-state index contributed by atoms with van der Waals surface area (Å²) in [5, 5.41) is 9.47. The average molecular weight is 254 g/mol. The van der Waals surface area contributed by atoms with E-state index in [4.69, 9.17) is 10.6 Å². The quantitative estimate of drug-likeness (QED) is 0.635. The lowest BCUT2D eigenvalue weighted by molar-refractivity contribution is 0.200. The third-order valence-corrected chi connectivity index (χ3v) is 3.92. The summed E-state index contributed by atoms with van der Waals surface area (Å²) in [6, 6.07) is 0. The van der Waals surface area contributed by atoms with Gasteiger partial charge in [-0.3, -0.25) is 0 Å². The maximum absolute atomic E-state index is 5.95. The van der Waals surface area contributed by atoms with Crippen LogP contribution in [0.15, 0.2) is 17.3 Å². The lowest BCUT2D eigenvalue weighted by atomic mass is 10.1. The van der Waals surface area contributed by atoms with Gasteiger partial charge in [-0.1, -0.05) is 23.9 Å². The van der Waals surface area contributed by atoms with Crippen molar-refractivity contribution < 1.29 is 4.74 Å². The van der Waals surface area contributed by atoms with Gasteiger partial charge in [-0.15, -0.1) is 10.2 Å². The summed E-state index contributed by atoms with van der Waals surface area (Å²) in [6.45, 7) is 0.614. The van der Waals surface area contributed by atoms with Crippen LogP contribution in [0.4, 0.5) is 0 Å². The van der Waals surface area contributed by atoms with Crippen molar-refractivity contribution in [2.45, 2.75) is 36.1 Å². The van der Waals surface area contributed by atoms with Crippen molar-refractivity contribution in [2.75, 3.05) is 19.6 Å². The fraction of sp³-hybridized carbons (Fsp3) is 0.636. The van der Waals surface area contributed by atoms with Crippen LogP contribution < -0.4 is 5.84 Å². The maximum Gasteiger partial charge on any atom is 0.210 e. The van der Waals surface area contributed by atoms with E-state index < -0.39 is 0 Å². The van der Waals surface area contributed by atoms with Crippen LogP contribution in [0.2, 0.25) is 0 Å². The molecule has 0 radical (unpaired) electrons. The van der Waals surface area contributed by atoms with E-state index in [1.165, 1.54) is 19.3 Å². The molecule has 0 spiro atoms. The molecule has 1 aromatic rings. The Kier molecular flexibility index (Phi) is 4.44. The molecule has 1 aliphatic carbocycles. The van der Waals surface area contributed by atoms with E-state index in [0.717, 1.165) is 11.0 Å². The summed E-state index contributed by atoms with van der Waals surface area (Å²) in [5.74, 6) is 6.72. The third-order valence-electron chi connectivity index (χ3n) is 2.73. The molecule has 1 aromatic heterocycles. The molecule has 1 aliphatic rings. The number of rotatable bonds is 5. The van der Waals surface area contributed by atoms with Crippen LogP contribution in [0.3, 0.4) is 0 Å². The van der Waals surface area contributed by atoms with Crippen LogP contribution in [0.5, 0.6) is 0 Å². The monoisotopic (exact) mass is 254 g/mol. The lowest BCUT2D eigenvalue weighted by Crippen LogP contribution is -2.16. The summed E-state index contributed by atoms with van der Waals surface area (Å²) >= 11 is 1.68. The van der Waals surface area contributed by atoms with Crippen molar-refractivity contribution in [1.29, 1.82) is 0 Å². The van der Waals surface area contributed by atoms with Gasteiger partial charge in [0.2, 0.25) is 5.16 Å². The number of hydrogen-bond acceptors (Lipinski definition) is 5. The van der Waals surface area contributed by atoms with Gasteiger partial charge in [0.1, 0.15) is 0 Å². The van der Waals surface area contributed by atoms with Gasteiger partial charge in [0, 0.05) is 18.8 Å². The molecular formula is C11H18N4OS. The van der Waals surface area contributed by atoms with Gasteiger partial charge in [0.05, 0.1) is 6.61 Å². The van der Waals surface area contributed by atoms with Crippen molar-refractivity contribution >= 4 is 11.8 Å². The number of ether oxygens (including phenoxy) is 1. The number of methoxy groups -OCH3 is 1. The number of aromatic nitrogens is 3. The van der Waals surface area contributed by atoms with Gasteiger partial charge in [0.25, 0.3) is 0 Å². The summed E-state index contributed by atoms with van der Waals surface area (Å²) in [4.78, 5) is 0. The zero-order valence-corrected chi connectivity index (χ0v) is 10.8. The summed E-state index contributed by atoms with van der Waals surface area (Å²) < 4.78 is 6.58. The normalized spacial score (nSPS) is 19.7. The van der Waals surface area contributed by atoms with Crippen LogP contribution in [0, 0.1) is 0 Å². The molecular weight excluding hydrogens is 236 g/mol. The molecule has 1 heterocycles. The van der Waals surface area contributed by atoms with Crippen molar-refractivity contribution in [3.8, 4) is 0 Å². The second-order valence-corrected chi connectivity index (χ2v) is 5.23. The number of nitrogens with zero attached hydrogens (tertiary/aromatic N) is 3. The molecule has 0 bridgehead atoms. The Morgan fingerprint density at radius 3 is 3.18 bits per heavy atom. The highest BCUT2D eigenvalue weighted by Crippen LogP contribution is 2.28. The fourth-order valence-corrected chi connectivity index (χ4v) is 2.82. The number of nitrogen functional groups attached to an aromatic ring is 1. The first kappa shape index (κ1) is 12.4. The average Bonchev–Trinajstić information content (AvgIpc) is 2.70. The van der Waals surface area contributed by atoms with Gasteiger partial charge in [-0.2, -0.15) is 0 Å². The third kappa shape index (κ3) is 3.23. The zero-order valence-electron chi connectivity index (χ0n) is 10.0. The van der Waals surface area contributed by atoms with Gasteiger partial charge in [-0.25, -0.2) is 4.68 Å². The van der Waals surface area contributed by atoms with Gasteiger partial charge in [-0.05, 0) is 19.3 Å². The van der Waals surface area contributed by atoms with Gasteiger partial charge < -0.3 is 10.6 Å². The highest BCUT2D eigenvalue weighted by atomic mass is 32.2. The molecule has 5 nitrogen and oxygen atoms in total. The minimum atomic E-state index is 0.477. The Labute approximate surface area is 105 Å². The van der Waals surface area contributed by atoms with E-state index in [2.05, 4.69) is 22.3 Å². The minimum Gasteiger partial charge on any atom is -0.384 e. The van der Waals surface area contributed by atoms with Crippen LogP contribution in [0.1, 0.15) is 25.1 Å². The van der Waals surface area contributed by atoms with E-state index in [1.807, 2.05) is 0 Å². The Morgan fingerprint density at radius 1 is 1.59 bits per heavy atom. The van der Waals surface area contributed by atoms with Crippen LogP contribution in [0.25, 0.3) is 0 Å². The van der Waals surface area contributed by atoms with Gasteiger partial charge >= 0.3 is 0 Å². The van der Waals surface area contributed by atoms with E-state index in [1.54, 1.807) is 23.5 Å². The van der Waals surface area contributed by atoms with Crippen molar-refractivity contribution in [2.24, 2.45) is 0 Å². The first-order chi connectivity index (χ1) is 8.31. The Balaban J connectivity index is 1.98. The molecule has 0 aromatic carbocycles. The molecule has 1 atom stereocenters. The van der Waals surface area contributed by atoms with E-state index >= 15 is 0 Å². The van der Waals surface area contributed by atoms with E-state index in [0.29, 0.717) is 18.3 Å². The highest BCUT2D eigenvalue weighted by molar-refractivity contribution is 7.99. The molecule has 0 aliphatic heterocycles. The largest absolute Gasteiger partial charge is 0.384 e. The van der Waals surface area contributed by atoms with Crippen LogP contribution >= 0.6 is 11.8 Å². The first-order valence-electron chi connectivity index (χ1n) is 5.83. The molecule has 0 fully saturated rings. The Morgan fingerprint density at radius 2 is 2.47 bits per heavy atom. The highest BCUT2D eigenvalue weighted by Gasteiger charge is 2.16. The van der Waals surface area contributed by atoms with Crippen molar-refractivity contribution in [1.82, 2.24) is 14.9 Å². The Bertz CT molecular complexity index is 391. The number of allylic oxidation sites excluding steroid dienone is 1. The van der Waals surface area contributed by atoms with Crippen molar-refractivity contribution in [3.63, 3.8) is 0 Å². The number of nitrogens with two attached hydrogens (primary N) is 1. The maximum atomic E-state index is 5.95. The molecule has 94 valence electrons. The summed E-state index contributed by atoms with van der Waals surface area (Å²) in [7, 11) is 1.67. The molecule has 0 unspecified atom stereocenters. The second-order valence-electron chi connectivity index (χ2n) is 4.03. The Hall–Kier alpha value is -1.01. The number of hydrogen-bond donors (Lipinski definition) is 1. The molecule has 17 heavy (non-hydrogen) atoms. The molecule has 6 heteroatoms. The molecule has 2 N–H and O–H groups in total. The van der Waals surface area contributed by atoms with Gasteiger partial charge in [0.15, 0.2) is 5.82 Å². The first-order valence-corrected chi connectivity index (χ1v) is 6.71.